The van der Waals surface area contributed by atoms with E-state index in [1.54, 1.807) is 6.26 Å². The van der Waals surface area contributed by atoms with Gasteiger partial charge < -0.3 is 19.0 Å². The monoisotopic (exact) mass is 275 g/mol. The Balaban J connectivity index is 1.74. The number of rotatable bonds is 5. The van der Waals surface area contributed by atoms with Crippen LogP contribution in [0.5, 0.6) is 0 Å². The molecular weight excluding hydrogens is 254 g/mol. The Bertz CT molecular complexity index is 515. The molecule has 0 spiro atoms. The van der Waals surface area contributed by atoms with Gasteiger partial charge in [0.25, 0.3) is 0 Å². The van der Waals surface area contributed by atoms with E-state index in [0.717, 1.165) is 44.2 Å². The molecule has 0 aromatic carbocycles. The highest BCUT2D eigenvalue weighted by molar-refractivity contribution is 5.04. The molecule has 0 amide bonds. The zero-order chi connectivity index (χ0) is 13.8. The minimum Gasteiger partial charge on any atom is -0.468 e. The average molecular weight is 275 g/mol. The fourth-order valence-corrected chi connectivity index (χ4v) is 2.82. The summed E-state index contributed by atoms with van der Waals surface area (Å²) in [6.45, 7) is 2.41. The van der Waals surface area contributed by atoms with E-state index in [2.05, 4.69) is 14.9 Å². The molecule has 0 bridgehead atoms. The van der Waals surface area contributed by atoms with Gasteiger partial charge in [-0.2, -0.15) is 0 Å². The van der Waals surface area contributed by atoms with Gasteiger partial charge in [0, 0.05) is 32.7 Å². The van der Waals surface area contributed by atoms with Crippen LogP contribution in [-0.2, 0) is 18.3 Å². The third kappa shape index (κ3) is 2.94. The Morgan fingerprint density at radius 1 is 1.45 bits per heavy atom. The van der Waals surface area contributed by atoms with Crippen molar-refractivity contribution in [1.82, 2.24) is 14.9 Å². The second kappa shape index (κ2) is 6.24. The fourth-order valence-electron chi connectivity index (χ4n) is 2.82. The second-order valence-corrected chi connectivity index (χ2v) is 5.28. The van der Waals surface area contributed by atoms with Crippen LogP contribution < -0.4 is 5.32 Å². The summed E-state index contributed by atoms with van der Waals surface area (Å²) in [7, 11) is 2.04. The highest BCUT2D eigenvalue weighted by Gasteiger charge is 2.27. The van der Waals surface area contributed by atoms with E-state index >= 15 is 0 Å². The maximum atomic E-state index is 5.47. The van der Waals surface area contributed by atoms with Crippen molar-refractivity contribution in [2.45, 2.75) is 25.4 Å². The van der Waals surface area contributed by atoms with E-state index in [0.29, 0.717) is 5.92 Å². The van der Waals surface area contributed by atoms with Gasteiger partial charge in [0.1, 0.15) is 11.6 Å². The number of nitrogens with one attached hydrogen (secondary N) is 1. The molecule has 5 heteroatoms. The first-order valence-electron chi connectivity index (χ1n) is 7.15. The SMILES string of the molecule is Cn1ccnc1C(NCc1ccco1)C1CCOCC1. The molecule has 2 aromatic heterocycles. The van der Waals surface area contributed by atoms with Crippen LogP contribution in [0, 0.1) is 5.92 Å². The topological polar surface area (TPSA) is 52.2 Å². The molecule has 1 unspecified atom stereocenters. The molecule has 1 saturated heterocycles. The van der Waals surface area contributed by atoms with Crippen LogP contribution in [0.4, 0.5) is 0 Å². The van der Waals surface area contributed by atoms with Crippen molar-refractivity contribution in [3.8, 4) is 0 Å². The van der Waals surface area contributed by atoms with Crippen LogP contribution in [0.1, 0.15) is 30.5 Å². The largest absolute Gasteiger partial charge is 0.468 e. The number of aryl methyl sites for hydroxylation is 1. The molecule has 0 radical (unpaired) electrons. The Kier molecular flexibility index (Phi) is 4.18. The molecule has 0 saturated carbocycles. The van der Waals surface area contributed by atoms with Crippen molar-refractivity contribution in [3.05, 3.63) is 42.4 Å². The molecule has 5 nitrogen and oxygen atoms in total. The van der Waals surface area contributed by atoms with Crippen LogP contribution >= 0.6 is 0 Å². The van der Waals surface area contributed by atoms with Crippen LogP contribution in [-0.4, -0.2) is 22.8 Å². The van der Waals surface area contributed by atoms with Gasteiger partial charge in [0.2, 0.25) is 0 Å². The first-order chi connectivity index (χ1) is 9.84. The predicted octanol–water partition coefficient (Wildman–Crippen LogP) is 2.27. The standard InChI is InChI=1S/C15H21N3O2/c1-18-7-6-16-15(18)14(12-4-9-19-10-5-12)17-11-13-3-2-8-20-13/h2-3,6-8,12,14,17H,4-5,9-11H2,1H3. The lowest BCUT2D eigenvalue weighted by atomic mass is 9.91. The average Bonchev–Trinajstić information content (AvgIpc) is 3.13. The summed E-state index contributed by atoms with van der Waals surface area (Å²) < 4.78 is 13.0. The summed E-state index contributed by atoms with van der Waals surface area (Å²) in [6.07, 6.45) is 7.71. The number of imidazole rings is 1. The summed E-state index contributed by atoms with van der Waals surface area (Å²) in [5, 5.41) is 3.60. The van der Waals surface area contributed by atoms with Crippen molar-refractivity contribution in [3.63, 3.8) is 0 Å². The fraction of sp³-hybridized carbons (Fsp3) is 0.533. The van der Waals surface area contributed by atoms with Gasteiger partial charge in [-0.05, 0) is 30.9 Å². The first-order valence-corrected chi connectivity index (χ1v) is 7.15. The lowest BCUT2D eigenvalue weighted by Gasteiger charge is -2.30. The van der Waals surface area contributed by atoms with Crippen LogP contribution in [0.15, 0.2) is 35.2 Å². The zero-order valence-corrected chi connectivity index (χ0v) is 11.8. The number of nitrogens with zero attached hydrogens (tertiary/aromatic N) is 2. The van der Waals surface area contributed by atoms with Crippen molar-refractivity contribution in [1.29, 1.82) is 0 Å². The second-order valence-electron chi connectivity index (χ2n) is 5.28. The van der Waals surface area contributed by atoms with E-state index in [-0.39, 0.29) is 6.04 Å². The van der Waals surface area contributed by atoms with Gasteiger partial charge in [-0.3, -0.25) is 0 Å². The molecule has 0 aliphatic carbocycles. The van der Waals surface area contributed by atoms with Crippen LogP contribution in [0.2, 0.25) is 0 Å². The van der Waals surface area contributed by atoms with E-state index in [4.69, 9.17) is 9.15 Å². The van der Waals surface area contributed by atoms with Crippen molar-refractivity contribution < 1.29 is 9.15 Å². The van der Waals surface area contributed by atoms with E-state index in [1.165, 1.54) is 0 Å². The minimum absolute atomic E-state index is 0.240. The summed E-state index contributed by atoms with van der Waals surface area (Å²) in [5.41, 5.74) is 0. The molecule has 1 atom stereocenters. The van der Waals surface area contributed by atoms with Gasteiger partial charge in [-0.15, -0.1) is 0 Å². The highest BCUT2D eigenvalue weighted by atomic mass is 16.5. The summed E-state index contributed by atoms with van der Waals surface area (Å²) in [5.74, 6) is 2.60. The lowest BCUT2D eigenvalue weighted by Crippen LogP contribution is -2.33. The number of furan rings is 1. The van der Waals surface area contributed by atoms with Gasteiger partial charge in [-0.1, -0.05) is 0 Å². The quantitative estimate of drug-likeness (QED) is 0.909. The number of hydrogen-bond acceptors (Lipinski definition) is 4. The maximum absolute atomic E-state index is 5.47. The zero-order valence-electron chi connectivity index (χ0n) is 11.8. The van der Waals surface area contributed by atoms with Gasteiger partial charge >= 0.3 is 0 Å². The highest BCUT2D eigenvalue weighted by Crippen LogP contribution is 2.29. The van der Waals surface area contributed by atoms with E-state index in [9.17, 15) is 0 Å². The third-order valence-corrected chi connectivity index (χ3v) is 3.95. The smallest absolute Gasteiger partial charge is 0.125 e. The normalized spacial score (nSPS) is 18.2. The van der Waals surface area contributed by atoms with Crippen LogP contribution in [0.25, 0.3) is 0 Å². The lowest BCUT2D eigenvalue weighted by molar-refractivity contribution is 0.0515. The number of ether oxygens (including phenoxy) is 1. The number of aromatic nitrogens is 2. The predicted molar refractivity (Wildman–Crippen MR) is 75.0 cm³/mol. The Morgan fingerprint density at radius 3 is 2.95 bits per heavy atom. The van der Waals surface area contributed by atoms with Crippen LogP contribution in [0.3, 0.4) is 0 Å². The summed E-state index contributed by atoms with van der Waals surface area (Å²) >= 11 is 0. The van der Waals surface area contributed by atoms with Gasteiger partial charge in [-0.25, -0.2) is 4.98 Å². The van der Waals surface area contributed by atoms with Crippen molar-refractivity contribution in [2.75, 3.05) is 13.2 Å². The van der Waals surface area contributed by atoms with E-state index in [1.807, 2.05) is 31.6 Å². The Hall–Kier alpha value is -1.59. The third-order valence-electron chi connectivity index (χ3n) is 3.95. The van der Waals surface area contributed by atoms with Crippen molar-refractivity contribution in [2.24, 2.45) is 13.0 Å². The molecule has 2 aromatic rings. The van der Waals surface area contributed by atoms with Crippen molar-refractivity contribution >= 4 is 0 Å². The summed E-state index contributed by atoms with van der Waals surface area (Å²) in [4.78, 5) is 4.52. The Labute approximate surface area is 118 Å². The maximum Gasteiger partial charge on any atom is 0.125 e. The number of hydrogen-bond donors (Lipinski definition) is 1. The molecule has 1 aliphatic rings. The molecule has 1 N–H and O–H groups in total. The molecule has 3 rings (SSSR count). The van der Waals surface area contributed by atoms with E-state index < -0.39 is 0 Å². The molecular formula is C15H21N3O2. The Morgan fingerprint density at radius 2 is 2.30 bits per heavy atom. The summed E-state index contributed by atoms with van der Waals surface area (Å²) in [6, 6.07) is 4.15. The first kappa shape index (κ1) is 13.4. The molecule has 1 aliphatic heterocycles. The molecule has 1 fully saturated rings. The molecule has 3 heterocycles. The minimum atomic E-state index is 0.240. The molecule has 20 heavy (non-hydrogen) atoms. The molecule has 108 valence electrons. The van der Waals surface area contributed by atoms with Gasteiger partial charge in [0.15, 0.2) is 0 Å². The van der Waals surface area contributed by atoms with Gasteiger partial charge in [0.05, 0.1) is 18.8 Å².